The fourth-order valence-corrected chi connectivity index (χ4v) is 3.66. The van der Waals surface area contributed by atoms with Gasteiger partial charge in [-0.3, -0.25) is 4.79 Å². The van der Waals surface area contributed by atoms with Crippen molar-refractivity contribution in [3.05, 3.63) is 64.2 Å². The molecule has 2 aromatic heterocycles. The van der Waals surface area contributed by atoms with Crippen molar-refractivity contribution in [1.29, 1.82) is 0 Å². The van der Waals surface area contributed by atoms with E-state index < -0.39 is 18.0 Å². The molecule has 2 heterocycles. The Bertz CT molecular complexity index is 1430. The summed E-state index contributed by atoms with van der Waals surface area (Å²) in [6.45, 7) is 5.25. The molecule has 2 aromatic carbocycles. The molecule has 4 rings (SSSR count). The normalized spacial score (nSPS) is 12.0. The molecule has 0 aliphatic rings. The lowest BCUT2D eigenvalue weighted by atomic mass is 10.0. The Morgan fingerprint density at radius 1 is 1.06 bits per heavy atom. The van der Waals surface area contributed by atoms with Gasteiger partial charge < -0.3 is 23.0 Å². The van der Waals surface area contributed by atoms with E-state index in [1.807, 2.05) is 0 Å². The number of methoxy groups -OCH3 is 1. The number of carbonyl (C=O) groups excluding carboxylic acids is 2. The maximum atomic E-state index is 13.3. The molecule has 4 aromatic rings. The molecule has 0 spiro atoms. The third kappa shape index (κ3) is 4.07. The van der Waals surface area contributed by atoms with E-state index in [1.54, 1.807) is 57.2 Å². The second-order valence-corrected chi connectivity index (χ2v) is 7.38. The van der Waals surface area contributed by atoms with Gasteiger partial charge in [0.2, 0.25) is 5.43 Å². The molecule has 0 N–H and O–H groups in total. The monoisotopic (exact) mass is 450 g/mol. The summed E-state index contributed by atoms with van der Waals surface area (Å²) < 4.78 is 26.7. The molecule has 0 amide bonds. The SMILES string of the molecule is CCOC(=O)c1coc2cc(-c3c(C)oc4cc(O[C@H](C)C(=O)OC)ccc4c3=O)ccc12. The Morgan fingerprint density at radius 3 is 2.55 bits per heavy atom. The average molecular weight is 450 g/mol. The van der Waals surface area contributed by atoms with Crippen molar-refractivity contribution in [2.45, 2.75) is 26.9 Å². The van der Waals surface area contributed by atoms with Crippen LogP contribution in [0.15, 0.2) is 56.3 Å². The van der Waals surface area contributed by atoms with Crippen molar-refractivity contribution in [2.24, 2.45) is 0 Å². The van der Waals surface area contributed by atoms with Crippen LogP contribution in [0.1, 0.15) is 30.0 Å². The number of ether oxygens (including phenoxy) is 3. The quantitative estimate of drug-likeness (QED) is 0.392. The van der Waals surface area contributed by atoms with E-state index in [9.17, 15) is 14.4 Å². The molecule has 170 valence electrons. The lowest BCUT2D eigenvalue weighted by Gasteiger charge is -2.13. The van der Waals surface area contributed by atoms with Crippen LogP contribution in [-0.2, 0) is 14.3 Å². The fraction of sp³-hybridized carbons (Fsp3) is 0.240. The van der Waals surface area contributed by atoms with Crippen LogP contribution >= 0.6 is 0 Å². The molecule has 0 saturated carbocycles. The van der Waals surface area contributed by atoms with Crippen LogP contribution in [0.5, 0.6) is 5.75 Å². The van der Waals surface area contributed by atoms with Gasteiger partial charge in [-0.1, -0.05) is 6.07 Å². The first-order valence-electron chi connectivity index (χ1n) is 10.3. The van der Waals surface area contributed by atoms with Gasteiger partial charge in [-0.15, -0.1) is 0 Å². The average Bonchev–Trinajstić information content (AvgIpc) is 3.22. The van der Waals surface area contributed by atoms with E-state index in [4.69, 9.17) is 18.3 Å². The summed E-state index contributed by atoms with van der Waals surface area (Å²) in [6, 6.07) is 9.90. The van der Waals surface area contributed by atoms with E-state index in [1.165, 1.54) is 13.4 Å². The molecule has 0 saturated heterocycles. The Hall–Kier alpha value is -4.07. The van der Waals surface area contributed by atoms with Gasteiger partial charge in [0.25, 0.3) is 0 Å². The van der Waals surface area contributed by atoms with Gasteiger partial charge in [0.05, 0.1) is 24.7 Å². The maximum absolute atomic E-state index is 13.3. The minimum Gasteiger partial charge on any atom is -0.479 e. The van der Waals surface area contributed by atoms with Gasteiger partial charge >= 0.3 is 11.9 Å². The zero-order valence-electron chi connectivity index (χ0n) is 18.6. The number of furan rings is 1. The molecule has 0 aliphatic heterocycles. The summed E-state index contributed by atoms with van der Waals surface area (Å²) in [7, 11) is 1.28. The van der Waals surface area contributed by atoms with E-state index in [-0.39, 0.29) is 12.0 Å². The second-order valence-electron chi connectivity index (χ2n) is 7.38. The molecule has 33 heavy (non-hydrogen) atoms. The van der Waals surface area contributed by atoms with Gasteiger partial charge in [0, 0.05) is 11.5 Å². The highest BCUT2D eigenvalue weighted by atomic mass is 16.6. The van der Waals surface area contributed by atoms with Crippen LogP contribution in [0.25, 0.3) is 33.1 Å². The van der Waals surface area contributed by atoms with Crippen molar-refractivity contribution in [3.8, 4) is 16.9 Å². The van der Waals surface area contributed by atoms with E-state index >= 15 is 0 Å². The number of hydrogen-bond acceptors (Lipinski definition) is 8. The molecule has 8 nitrogen and oxygen atoms in total. The predicted octanol–water partition coefficient (Wildman–Crippen LogP) is 4.63. The number of aryl methyl sites for hydroxylation is 1. The number of hydrogen-bond donors (Lipinski definition) is 0. The molecule has 0 radical (unpaired) electrons. The van der Waals surface area contributed by atoms with Crippen LogP contribution < -0.4 is 10.2 Å². The summed E-state index contributed by atoms with van der Waals surface area (Å²) >= 11 is 0. The van der Waals surface area contributed by atoms with Crippen molar-refractivity contribution in [2.75, 3.05) is 13.7 Å². The predicted molar refractivity (Wildman–Crippen MR) is 120 cm³/mol. The Morgan fingerprint density at radius 2 is 1.82 bits per heavy atom. The third-order valence-corrected chi connectivity index (χ3v) is 5.25. The van der Waals surface area contributed by atoms with Gasteiger partial charge in [-0.2, -0.15) is 0 Å². The zero-order valence-corrected chi connectivity index (χ0v) is 18.6. The summed E-state index contributed by atoms with van der Waals surface area (Å²) in [4.78, 5) is 37.0. The highest BCUT2D eigenvalue weighted by Crippen LogP contribution is 2.30. The Balaban J connectivity index is 1.74. The van der Waals surface area contributed by atoms with E-state index in [0.717, 1.165) is 0 Å². The first-order chi connectivity index (χ1) is 15.8. The third-order valence-electron chi connectivity index (χ3n) is 5.25. The fourth-order valence-electron chi connectivity index (χ4n) is 3.66. The summed E-state index contributed by atoms with van der Waals surface area (Å²) in [6.07, 6.45) is 0.540. The maximum Gasteiger partial charge on any atom is 0.346 e. The smallest absolute Gasteiger partial charge is 0.346 e. The van der Waals surface area contributed by atoms with Crippen molar-refractivity contribution < 1.29 is 32.6 Å². The Labute approximate surface area is 188 Å². The molecule has 0 aliphatic carbocycles. The Kier molecular flexibility index (Phi) is 5.91. The molecule has 0 bridgehead atoms. The van der Waals surface area contributed by atoms with Crippen LogP contribution in [0.4, 0.5) is 0 Å². The highest BCUT2D eigenvalue weighted by molar-refractivity contribution is 6.04. The highest BCUT2D eigenvalue weighted by Gasteiger charge is 2.20. The van der Waals surface area contributed by atoms with Crippen LogP contribution in [0, 0.1) is 6.92 Å². The lowest BCUT2D eigenvalue weighted by Crippen LogP contribution is -2.24. The standard InChI is InChI=1S/C25H22O8/c1-5-30-25(28)19-12-31-20-10-15(6-8-17(19)20)22-13(2)33-21-11-16(7-9-18(21)23(22)26)32-14(3)24(27)29-4/h6-12,14H,5H2,1-4H3/t14-/m1/s1. The van der Waals surface area contributed by atoms with Crippen LogP contribution in [0.3, 0.4) is 0 Å². The van der Waals surface area contributed by atoms with Gasteiger partial charge in [0.15, 0.2) is 6.10 Å². The van der Waals surface area contributed by atoms with Gasteiger partial charge in [0.1, 0.15) is 34.5 Å². The minimum atomic E-state index is -0.806. The van der Waals surface area contributed by atoms with Crippen molar-refractivity contribution >= 4 is 33.9 Å². The number of rotatable bonds is 6. The number of benzene rings is 2. The largest absolute Gasteiger partial charge is 0.479 e. The summed E-state index contributed by atoms with van der Waals surface area (Å²) in [5.41, 5.74) is 1.87. The summed E-state index contributed by atoms with van der Waals surface area (Å²) in [5, 5.41) is 0.960. The van der Waals surface area contributed by atoms with Crippen LogP contribution in [-0.4, -0.2) is 31.8 Å². The van der Waals surface area contributed by atoms with Crippen molar-refractivity contribution in [3.63, 3.8) is 0 Å². The van der Waals surface area contributed by atoms with Gasteiger partial charge in [-0.05, 0) is 50.6 Å². The molecule has 0 fully saturated rings. The number of fused-ring (bicyclic) bond motifs is 2. The molecule has 8 heteroatoms. The minimum absolute atomic E-state index is 0.224. The molecular weight excluding hydrogens is 428 g/mol. The van der Waals surface area contributed by atoms with E-state index in [2.05, 4.69) is 4.74 Å². The molecule has 0 unspecified atom stereocenters. The topological polar surface area (TPSA) is 105 Å². The molecular formula is C25H22O8. The number of carbonyl (C=O) groups is 2. The zero-order chi connectivity index (χ0) is 23.7. The summed E-state index contributed by atoms with van der Waals surface area (Å²) in [5.74, 6) is -0.200. The first kappa shape index (κ1) is 22.1. The number of esters is 2. The van der Waals surface area contributed by atoms with E-state index in [0.29, 0.717) is 50.1 Å². The van der Waals surface area contributed by atoms with Crippen molar-refractivity contribution in [1.82, 2.24) is 0 Å². The van der Waals surface area contributed by atoms with Crippen LogP contribution in [0.2, 0.25) is 0 Å². The second kappa shape index (κ2) is 8.82. The lowest BCUT2D eigenvalue weighted by molar-refractivity contribution is -0.147. The first-order valence-corrected chi connectivity index (χ1v) is 10.3. The van der Waals surface area contributed by atoms with Gasteiger partial charge in [-0.25, -0.2) is 9.59 Å². The molecule has 1 atom stereocenters.